The second-order valence-electron chi connectivity index (χ2n) is 5.69. The van der Waals surface area contributed by atoms with Crippen molar-refractivity contribution in [1.82, 2.24) is 9.97 Å². The molecule has 1 aliphatic rings. The van der Waals surface area contributed by atoms with Gasteiger partial charge in [0.2, 0.25) is 5.95 Å². The molecule has 0 aliphatic carbocycles. The molecule has 0 bridgehead atoms. The Labute approximate surface area is 141 Å². The van der Waals surface area contributed by atoms with Crippen LogP contribution in [0.2, 0.25) is 0 Å². The summed E-state index contributed by atoms with van der Waals surface area (Å²) in [5, 5.41) is 19.1. The summed E-state index contributed by atoms with van der Waals surface area (Å²) in [6, 6.07) is 16.6. The van der Waals surface area contributed by atoms with Gasteiger partial charge in [-0.2, -0.15) is 0 Å². The van der Waals surface area contributed by atoms with Crippen molar-refractivity contribution in [3.63, 3.8) is 0 Å². The highest BCUT2D eigenvalue weighted by molar-refractivity contribution is 5.86. The molecule has 2 N–H and O–H groups in total. The molecule has 124 valence electrons. The lowest BCUT2D eigenvalue weighted by atomic mass is 10.1. The highest BCUT2D eigenvalue weighted by atomic mass is 16.3. The smallest absolute Gasteiger partial charge is 0.225 e. The molecule has 0 radical (unpaired) electrons. The van der Waals surface area contributed by atoms with E-state index < -0.39 is 0 Å². The van der Waals surface area contributed by atoms with Gasteiger partial charge in [0.25, 0.3) is 0 Å². The quantitative estimate of drug-likeness (QED) is 0.758. The van der Waals surface area contributed by atoms with Gasteiger partial charge < -0.3 is 15.1 Å². The van der Waals surface area contributed by atoms with Gasteiger partial charge in [0.1, 0.15) is 0 Å². The molecule has 2 aromatic carbocycles. The summed E-state index contributed by atoms with van der Waals surface area (Å²) in [5.74, 6) is 0.696. The fourth-order valence-corrected chi connectivity index (χ4v) is 2.93. The third-order valence-corrected chi connectivity index (χ3v) is 4.13. The summed E-state index contributed by atoms with van der Waals surface area (Å²) in [7, 11) is 1.00. The molecule has 1 aliphatic heterocycles. The number of benzene rings is 2. The molecule has 0 amide bonds. The zero-order valence-corrected chi connectivity index (χ0v) is 13.6. The maximum atomic E-state index is 9.67. The van der Waals surface area contributed by atoms with Gasteiger partial charge in [0, 0.05) is 32.0 Å². The van der Waals surface area contributed by atoms with Crippen LogP contribution in [0.5, 0.6) is 0 Å². The average Bonchev–Trinajstić information content (AvgIpc) is 3.09. The molecule has 2 heterocycles. The molecule has 24 heavy (non-hydrogen) atoms. The number of anilines is 1. The normalized spacial score (nSPS) is 16.8. The van der Waals surface area contributed by atoms with Gasteiger partial charge in [0.05, 0.1) is 11.8 Å². The molecule has 1 unspecified atom stereocenters. The van der Waals surface area contributed by atoms with Crippen molar-refractivity contribution in [2.24, 2.45) is 0 Å². The van der Waals surface area contributed by atoms with Gasteiger partial charge in [-0.05, 0) is 29.3 Å². The van der Waals surface area contributed by atoms with Crippen LogP contribution in [0.3, 0.4) is 0 Å². The fourth-order valence-electron chi connectivity index (χ4n) is 2.93. The molecule has 1 aromatic heterocycles. The first-order chi connectivity index (χ1) is 11.8. The molecule has 0 saturated carbocycles. The van der Waals surface area contributed by atoms with Crippen LogP contribution in [0.25, 0.3) is 22.0 Å². The Hall–Kier alpha value is -2.50. The Balaban J connectivity index is 0.000000815. The van der Waals surface area contributed by atoms with Crippen LogP contribution in [0.4, 0.5) is 5.95 Å². The van der Waals surface area contributed by atoms with Crippen LogP contribution in [0.15, 0.2) is 54.7 Å². The second kappa shape index (κ2) is 7.38. The lowest BCUT2D eigenvalue weighted by Crippen LogP contribution is -2.23. The Morgan fingerprint density at radius 1 is 1.04 bits per heavy atom. The molecule has 1 fully saturated rings. The molecule has 1 atom stereocenters. The standard InChI is InChI=1S/C18H17N3O.CH4O/c22-16-8-10-21(12-16)18-19-9-7-17(20-18)15-6-5-13-3-1-2-4-14(13)11-15;1-2/h1-7,9,11,16,22H,8,10,12H2;2H,1H3. The van der Waals surface area contributed by atoms with Crippen molar-refractivity contribution < 1.29 is 10.2 Å². The van der Waals surface area contributed by atoms with Gasteiger partial charge in [-0.25, -0.2) is 9.97 Å². The second-order valence-corrected chi connectivity index (χ2v) is 5.69. The third-order valence-electron chi connectivity index (χ3n) is 4.13. The Bertz CT molecular complexity index is 822. The number of rotatable bonds is 2. The van der Waals surface area contributed by atoms with E-state index in [0.29, 0.717) is 12.5 Å². The zero-order chi connectivity index (χ0) is 16.9. The van der Waals surface area contributed by atoms with E-state index in [1.54, 1.807) is 6.20 Å². The Morgan fingerprint density at radius 3 is 2.58 bits per heavy atom. The number of aliphatic hydroxyl groups is 2. The summed E-state index contributed by atoms with van der Waals surface area (Å²) in [5.41, 5.74) is 2.00. The van der Waals surface area contributed by atoms with E-state index in [2.05, 4.69) is 40.3 Å². The van der Waals surface area contributed by atoms with Crippen molar-refractivity contribution >= 4 is 16.7 Å². The van der Waals surface area contributed by atoms with Crippen LogP contribution in [-0.2, 0) is 0 Å². The van der Waals surface area contributed by atoms with E-state index in [0.717, 1.165) is 31.3 Å². The van der Waals surface area contributed by atoms with Gasteiger partial charge >= 0.3 is 0 Å². The van der Waals surface area contributed by atoms with E-state index in [-0.39, 0.29) is 6.10 Å². The number of hydrogen-bond acceptors (Lipinski definition) is 5. The van der Waals surface area contributed by atoms with Gasteiger partial charge in [0.15, 0.2) is 0 Å². The van der Waals surface area contributed by atoms with Crippen molar-refractivity contribution in [1.29, 1.82) is 0 Å². The topological polar surface area (TPSA) is 69.5 Å². The number of nitrogens with zero attached hydrogens (tertiary/aromatic N) is 3. The summed E-state index contributed by atoms with van der Waals surface area (Å²) in [6.07, 6.45) is 2.30. The summed E-state index contributed by atoms with van der Waals surface area (Å²) < 4.78 is 0. The minimum absolute atomic E-state index is 0.270. The highest BCUT2D eigenvalue weighted by Crippen LogP contribution is 2.25. The first-order valence-corrected chi connectivity index (χ1v) is 7.99. The van der Waals surface area contributed by atoms with E-state index in [4.69, 9.17) is 5.11 Å². The maximum absolute atomic E-state index is 9.67. The monoisotopic (exact) mass is 323 g/mol. The summed E-state index contributed by atoms with van der Waals surface area (Å²) >= 11 is 0. The van der Waals surface area contributed by atoms with Crippen molar-refractivity contribution in [3.05, 3.63) is 54.7 Å². The van der Waals surface area contributed by atoms with Gasteiger partial charge in [-0.3, -0.25) is 0 Å². The zero-order valence-electron chi connectivity index (χ0n) is 13.6. The molecule has 3 aromatic rings. The van der Waals surface area contributed by atoms with Crippen molar-refractivity contribution in [2.75, 3.05) is 25.1 Å². The summed E-state index contributed by atoms with van der Waals surface area (Å²) in [4.78, 5) is 11.1. The first-order valence-electron chi connectivity index (χ1n) is 7.99. The van der Waals surface area contributed by atoms with Crippen LogP contribution >= 0.6 is 0 Å². The number of hydrogen-bond donors (Lipinski definition) is 2. The molecule has 5 heteroatoms. The molecule has 0 spiro atoms. The SMILES string of the molecule is CO.OC1CCN(c2nccc(-c3ccc4ccccc4c3)n2)C1. The van der Waals surface area contributed by atoms with Crippen LogP contribution in [0.1, 0.15) is 6.42 Å². The predicted molar refractivity (Wildman–Crippen MR) is 96.0 cm³/mol. The first kappa shape index (κ1) is 16.4. The molecule has 4 rings (SSSR count). The lowest BCUT2D eigenvalue weighted by Gasteiger charge is -2.15. The van der Waals surface area contributed by atoms with Crippen molar-refractivity contribution in [2.45, 2.75) is 12.5 Å². The molecular weight excluding hydrogens is 302 g/mol. The summed E-state index contributed by atoms with van der Waals surface area (Å²) in [6.45, 7) is 1.42. The molecule has 1 saturated heterocycles. The van der Waals surface area contributed by atoms with Crippen LogP contribution in [0, 0.1) is 0 Å². The minimum atomic E-state index is -0.270. The average molecular weight is 323 g/mol. The predicted octanol–water partition coefficient (Wildman–Crippen LogP) is 2.48. The molecule has 5 nitrogen and oxygen atoms in total. The Morgan fingerprint density at radius 2 is 1.83 bits per heavy atom. The van der Waals surface area contributed by atoms with Gasteiger partial charge in [-0.1, -0.05) is 36.4 Å². The lowest BCUT2D eigenvalue weighted by molar-refractivity contribution is 0.198. The maximum Gasteiger partial charge on any atom is 0.225 e. The van der Waals surface area contributed by atoms with E-state index in [1.165, 1.54) is 10.8 Å². The van der Waals surface area contributed by atoms with E-state index >= 15 is 0 Å². The van der Waals surface area contributed by atoms with Crippen LogP contribution in [-0.4, -0.2) is 46.5 Å². The Kier molecular flexibility index (Phi) is 5.03. The largest absolute Gasteiger partial charge is 0.400 e. The third kappa shape index (κ3) is 3.37. The number of aliphatic hydroxyl groups excluding tert-OH is 2. The van der Waals surface area contributed by atoms with Gasteiger partial charge in [-0.15, -0.1) is 0 Å². The molecular formula is C19H21N3O2. The van der Waals surface area contributed by atoms with E-state index in [1.807, 2.05) is 23.1 Å². The van der Waals surface area contributed by atoms with Crippen LogP contribution < -0.4 is 4.90 Å². The number of β-amino-alcohol motifs (C(OH)–C–C–N with tert-alkyl or cyclic N) is 1. The fraction of sp³-hybridized carbons (Fsp3) is 0.263. The number of aromatic nitrogens is 2. The van der Waals surface area contributed by atoms with Crippen molar-refractivity contribution in [3.8, 4) is 11.3 Å². The highest BCUT2D eigenvalue weighted by Gasteiger charge is 2.22. The minimum Gasteiger partial charge on any atom is -0.400 e. The van der Waals surface area contributed by atoms with E-state index in [9.17, 15) is 5.11 Å². The number of fused-ring (bicyclic) bond motifs is 1.